The van der Waals surface area contributed by atoms with Crippen LogP contribution in [-0.2, 0) is 14.6 Å². The van der Waals surface area contributed by atoms with Gasteiger partial charge >= 0.3 is 6.03 Å². The van der Waals surface area contributed by atoms with Crippen LogP contribution in [0.15, 0.2) is 18.2 Å². The van der Waals surface area contributed by atoms with Crippen LogP contribution in [0.2, 0.25) is 0 Å². The number of hydrogen-bond acceptors (Lipinski definition) is 4. The molecule has 7 nitrogen and oxygen atoms in total. The molecule has 2 aliphatic rings. The van der Waals surface area contributed by atoms with Crippen LogP contribution in [0.5, 0.6) is 0 Å². The second kappa shape index (κ2) is 7.26. The molecule has 0 radical (unpaired) electrons. The summed E-state index contributed by atoms with van der Waals surface area (Å²) in [6.45, 7) is 3.92. The molecule has 3 atom stereocenters. The maximum atomic E-state index is 12.3. The van der Waals surface area contributed by atoms with Gasteiger partial charge < -0.3 is 16.0 Å². The number of nitrogens with one attached hydrogen (secondary N) is 3. The van der Waals surface area contributed by atoms with Gasteiger partial charge in [0.25, 0.3) is 0 Å². The number of carbonyl (C=O) groups is 2. The Morgan fingerprint density at radius 2 is 2.00 bits per heavy atom. The van der Waals surface area contributed by atoms with Crippen LogP contribution in [0.1, 0.15) is 36.8 Å². The van der Waals surface area contributed by atoms with E-state index < -0.39 is 15.1 Å². The SMILES string of the molecule is Cc1ccc(C)c(NC(=O)CCCCC2C3NC(=O)NC3CS2(=O)=O)c1. The van der Waals surface area contributed by atoms with Crippen molar-refractivity contribution in [2.24, 2.45) is 0 Å². The monoisotopic (exact) mass is 379 g/mol. The van der Waals surface area contributed by atoms with Crippen LogP contribution in [0, 0.1) is 13.8 Å². The van der Waals surface area contributed by atoms with Gasteiger partial charge in [-0.2, -0.15) is 0 Å². The van der Waals surface area contributed by atoms with Crippen molar-refractivity contribution in [1.82, 2.24) is 10.6 Å². The highest BCUT2D eigenvalue weighted by Crippen LogP contribution is 2.28. The van der Waals surface area contributed by atoms with Crippen molar-refractivity contribution in [2.45, 2.75) is 56.9 Å². The Balaban J connectivity index is 1.47. The first kappa shape index (κ1) is 18.7. The Morgan fingerprint density at radius 1 is 1.23 bits per heavy atom. The Morgan fingerprint density at radius 3 is 2.77 bits per heavy atom. The molecular formula is C18H25N3O4S. The third kappa shape index (κ3) is 4.00. The number of fused-ring (bicyclic) bond motifs is 1. The summed E-state index contributed by atoms with van der Waals surface area (Å²) in [4.78, 5) is 23.5. The van der Waals surface area contributed by atoms with E-state index in [-0.39, 0.29) is 29.8 Å². The number of benzene rings is 1. The molecule has 3 rings (SSSR count). The molecular weight excluding hydrogens is 354 g/mol. The highest BCUT2D eigenvalue weighted by Gasteiger charge is 2.51. The summed E-state index contributed by atoms with van der Waals surface area (Å²) in [5.74, 6) is -0.0736. The summed E-state index contributed by atoms with van der Waals surface area (Å²) in [6, 6.07) is 4.93. The second-order valence-corrected chi connectivity index (χ2v) is 9.49. The molecule has 1 aromatic rings. The van der Waals surface area contributed by atoms with Gasteiger partial charge in [-0.25, -0.2) is 13.2 Å². The molecule has 142 valence electrons. The molecule has 2 heterocycles. The van der Waals surface area contributed by atoms with E-state index in [1.54, 1.807) is 0 Å². The lowest BCUT2D eigenvalue weighted by molar-refractivity contribution is -0.116. The third-order valence-electron chi connectivity index (χ3n) is 5.13. The van der Waals surface area contributed by atoms with Crippen molar-refractivity contribution in [3.63, 3.8) is 0 Å². The van der Waals surface area contributed by atoms with E-state index in [1.807, 2.05) is 32.0 Å². The van der Waals surface area contributed by atoms with E-state index in [4.69, 9.17) is 0 Å². The quantitative estimate of drug-likeness (QED) is 0.516. The second-order valence-electron chi connectivity index (χ2n) is 7.23. The zero-order valence-electron chi connectivity index (χ0n) is 15.0. The Bertz CT molecular complexity index is 822. The molecule has 8 heteroatoms. The highest BCUT2D eigenvalue weighted by molar-refractivity contribution is 7.92. The number of carbonyl (C=O) groups excluding carboxylic acids is 2. The standard InChI is InChI=1S/C18H25N3O4S/c1-11-7-8-12(2)13(9-11)19-16(22)6-4-3-5-15-17-14(10-26(15,24)25)20-18(23)21-17/h7-9,14-15,17H,3-6,10H2,1-2H3,(H,19,22)(H2,20,21,23). The van der Waals surface area contributed by atoms with Crippen molar-refractivity contribution < 1.29 is 18.0 Å². The van der Waals surface area contributed by atoms with Crippen LogP contribution < -0.4 is 16.0 Å². The highest BCUT2D eigenvalue weighted by atomic mass is 32.2. The summed E-state index contributed by atoms with van der Waals surface area (Å²) in [6.07, 6.45) is 2.05. The molecule has 0 bridgehead atoms. The lowest BCUT2D eigenvalue weighted by Crippen LogP contribution is -2.39. The van der Waals surface area contributed by atoms with Gasteiger partial charge in [0.05, 0.1) is 23.1 Å². The summed E-state index contributed by atoms with van der Waals surface area (Å²) in [5.41, 5.74) is 2.91. The number of amides is 3. The van der Waals surface area contributed by atoms with Gasteiger partial charge in [0.15, 0.2) is 9.84 Å². The topological polar surface area (TPSA) is 104 Å². The number of hydrogen-bond donors (Lipinski definition) is 3. The number of urea groups is 1. The molecule has 0 aliphatic carbocycles. The lowest BCUT2D eigenvalue weighted by atomic mass is 10.0. The number of unbranched alkanes of at least 4 members (excludes halogenated alkanes) is 1. The molecule has 3 N–H and O–H groups in total. The minimum atomic E-state index is -3.21. The largest absolute Gasteiger partial charge is 0.332 e. The van der Waals surface area contributed by atoms with E-state index >= 15 is 0 Å². The van der Waals surface area contributed by atoms with Crippen molar-refractivity contribution in [1.29, 1.82) is 0 Å². The number of rotatable bonds is 6. The lowest BCUT2D eigenvalue weighted by Gasteiger charge is -2.16. The van der Waals surface area contributed by atoms with E-state index in [9.17, 15) is 18.0 Å². The van der Waals surface area contributed by atoms with E-state index in [2.05, 4.69) is 16.0 Å². The summed E-state index contributed by atoms with van der Waals surface area (Å²) >= 11 is 0. The number of anilines is 1. The van der Waals surface area contributed by atoms with Crippen molar-refractivity contribution in [2.75, 3.05) is 11.1 Å². The average Bonchev–Trinajstić information content (AvgIpc) is 2.99. The molecule has 3 amide bonds. The van der Waals surface area contributed by atoms with Crippen LogP contribution in [-0.4, -0.2) is 43.4 Å². The fourth-order valence-electron chi connectivity index (χ4n) is 3.72. The first-order valence-electron chi connectivity index (χ1n) is 8.92. The van der Waals surface area contributed by atoms with Crippen LogP contribution in [0.25, 0.3) is 0 Å². The molecule has 2 aliphatic heterocycles. The number of aryl methyl sites for hydroxylation is 2. The smallest absolute Gasteiger partial charge is 0.315 e. The predicted octanol–water partition coefficient (Wildman–Crippen LogP) is 1.65. The van der Waals surface area contributed by atoms with Crippen LogP contribution in [0.3, 0.4) is 0 Å². The van der Waals surface area contributed by atoms with Gasteiger partial charge in [-0.3, -0.25) is 4.79 Å². The molecule has 1 aromatic carbocycles. The number of sulfone groups is 1. The van der Waals surface area contributed by atoms with Crippen LogP contribution in [0.4, 0.5) is 10.5 Å². The normalized spacial score (nSPS) is 26.1. The third-order valence-corrected chi connectivity index (χ3v) is 7.41. The predicted molar refractivity (Wildman–Crippen MR) is 99.8 cm³/mol. The van der Waals surface area contributed by atoms with Gasteiger partial charge in [0.1, 0.15) is 0 Å². The van der Waals surface area contributed by atoms with E-state index in [1.165, 1.54) is 0 Å². The van der Waals surface area contributed by atoms with E-state index in [0.717, 1.165) is 16.8 Å². The van der Waals surface area contributed by atoms with Gasteiger partial charge in [0.2, 0.25) is 5.91 Å². The molecule has 2 saturated heterocycles. The zero-order chi connectivity index (χ0) is 18.9. The fourth-order valence-corrected chi connectivity index (χ4v) is 5.99. The van der Waals surface area contributed by atoms with Crippen LogP contribution >= 0.6 is 0 Å². The Kier molecular flexibility index (Phi) is 5.22. The first-order valence-corrected chi connectivity index (χ1v) is 10.6. The summed E-state index contributed by atoms with van der Waals surface area (Å²) in [5, 5.41) is 7.71. The molecule has 2 fully saturated rings. The summed E-state index contributed by atoms with van der Waals surface area (Å²) in [7, 11) is -3.21. The fraction of sp³-hybridized carbons (Fsp3) is 0.556. The van der Waals surface area contributed by atoms with Crippen molar-refractivity contribution in [3.05, 3.63) is 29.3 Å². The minimum absolute atomic E-state index is 0.00576. The zero-order valence-corrected chi connectivity index (χ0v) is 15.9. The van der Waals surface area contributed by atoms with Crippen molar-refractivity contribution in [3.8, 4) is 0 Å². The van der Waals surface area contributed by atoms with Gasteiger partial charge in [-0.05, 0) is 43.9 Å². The van der Waals surface area contributed by atoms with Crippen molar-refractivity contribution >= 4 is 27.5 Å². The molecule has 26 heavy (non-hydrogen) atoms. The maximum Gasteiger partial charge on any atom is 0.315 e. The first-order chi connectivity index (χ1) is 12.3. The molecule has 3 unspecified atom stereocenters. The Hall–Kier alpha value is -2.09. The maximum absolute atomic E-state index is 12.3. The molecule has 0 saturated carbocycles. The van der Waals surface area contributed by atoms with Gasteiger partial charge in [0, 0.05) is 12.1 Å². The Labute approximate surface area is 153 Å². The van der Waals surface area contributed by atoms with Gasteiger partial charge in [-0.15, -0.1) is 0 Å². The molecule has 0 spiro atoms. The molecule has 0 aromatic heterocycles. The van der Waals surface area contributed by atoms with E-state index in [0.29, 0.717) is 25.7 Å². The minimum Gasteiger partial charge on any atom is -0.332 e. The summed E-state index contributed by atoms with van der Waals surface area (Å²) < 4.78 is 24.5. The average molecular weight is 379 g/mol. The van der Waals surface area contributed by atoms with Gasteiger partial charge in [-0.1, -0.05) is 18.6 Å².